The second kappa shape index (κ2) is 8.03. The highest BCUT2D eigenvalue weighted by molar-refractivity contribution is 5.88. The predicted molar refractivity (Wildman–Crippen MR) is 103 cm³/mol. The first-order valence-electron chi connectivity index (χ1n) is 8.61. The van der Waals surface area contributed by atoms with Crippen LogP contribution in [-0.2, 0) is 11.2 Å². The minimum absolute atomic E-state index is 0.0983. The molecule has 6 heteroatoms. The van der Waals surface area contributed by atoms with Gasteiger partial charge in [0.15, 0.2) is 0 Å². The van der Waals surface area contributed by atoms with E-state index in [1.165, 1.54) is 0 Å². The monoisotopic (exact) mass is 369 g/mol. The Kier molecular flexibility index (Phi) is 5.54. The predicted octanol–water partition coefficient (Wildman–Crippen LogP) is 3.88. The van der Waals surface area contributed by atoms with Crippen LogP contribution in [0.1, 0.15) is 24.1 Å². The molecule has 1 unspecified atom stereocenters. The van der Waals surface area contributed by atoms with Gasteiger partial charge in [-0.05, 0) is 31.2 Å². The van der Waals surface area contributed by atoms with Crippen molar-refractivity contribution in [2.24, 2.45) is 0 Å². The van der Waals surface area contributed by atoms with Gasteiger partial charge in [-0.1, -0.05) is 0 Å². The second-order valence-electron chi connectivity index (χ2n) is 6.20. The number of nitrogens with one attached hydrogen (secondary N) is 1. The first kappa shape index (κ1) is 18.6. The van der Waals surface area contributed by atoms with Crippen LogP contribution in [0.3, 0.4) is 0 Å². The van der Waals surface area contributed by atoms with Crippen LogP contribution in [-0.4, -0.2) is 27.2 Å². The fourth-order valence-electron chi connectivity index (χ4n) is 3.05. The number of hydrogen-bond donors (Lipinski definition) is 1. The lowest BCUT2D eigenvalue weighted by Crippen LogP contribution is -2.28. The smallest absolute Gasteiger partial charge is 0.225 e. The first-order valence-corrected chi connectivity index (χ1v) is 8.61. The molecule has 1 aromatic heterocycles. The molecule has 0 radical (unpaired) electrons. The zero-order chi connectivity index (χ0) is 19.4. The molecule has 0 saturated carbocycles. The highest BCUT2D eigenvalue weighted by Gasteiger charge is 2.17. The Morgan fingerprint density at radius 1 is 1.04 bits per heavy atom. The summed E-state index contributed by atoms with van der Waals surface area (Å²) in [7, 11) is 4.80. The summed E-state index contributed by atoms with van der Waals surface area (Å²) in [5.41, 5.74) is 2.41. The van der Waals surface area contributed by atoms with Crippen molar-refractivity contribution in [3.8, 4) is 17.2 Å². The minimum Gasteiger partial charge on any atom is -0.497 e. The van der Waals surface area contributed by atoms with E-state index in [0.717, 1.165) is 16.5 Å². The highest BCUT2D eigenvalue weighted by Crippen LogP contribution is 2.30. The first-order chi connectivity index (χ1) is 13.0. The SMILES string of the molecule is COc1ccc(C(C)NC(=O)Cc2coc3cc(OC)ccc23)c(OC)c1. The average molecular weight is 369 g/mol. The van der Waals surface area contributed by atoms with E-state index in [2.05, 4.69) is 5.32 Å². The fourth-order valence-corrected chi connectivity index (χ4v) is 3.05. The van der Waals surface area contributed by atoms with Gasteiger partial charge in [-0.3, -0.25) is 4.79 Å². The Hall–Kier alpha value is -3.15. The third-order valence-corrected chi connectivity index (χ3v) is 4.50. The van der Waals surface area contributed by atoms with Gasteiger partial charge >= 0.3 is 0 Å². The Labute approximate surface area is 158 Å². The number of hydrogen-bond acceptors (Lipinski definition) is 5. The van der Waals surface area contributed by atoms with Crippen LogP contribution in [0.5, 0.6) is 17.2 Å². The van der Waals surface area contributed by atoms with E-state index in [1.807, 2.05) is 37.3 Å². The normalized spacial score (nSPS) is 11.9. The third kappa shape index (κ3) is 4.00. The lowest BCUT2D eigenvalue weighted by atomic mass is 10.1. The average Bonchev–Trinajstić information content (AvgIpc) is 3.08. The van der Waals surface area contributed by atoms with E-state index in [0.29, 0.717) is 22.8 Å². The maximum atomic E-state index is 12.5. The standard InChI is InChI=1S/C21H23NO5/c1-13(17-7-5-15(24-2)10-19(17)26-4)22-21(23)9-14-12-27-20-11-16(25-3)6-8-18(14)20/h5-8,10-13H,9H2,1-4H3,(H,22,23). The Bertz CT molecular complexity index is 947. The molecule has 0 bridgehead atoms. The van der Waals surface area contributed by atoms with Gasteiger partial charge in [-0.25, -0.2) is 0 Å². The van der Waals surface area contributed by atoms with Gasteiger partial charge in [0.2, 0.25) is 5.91 Å². The van der Waals surface area contributed by atoms with Gasteiger partial charge in [0.1, 0.15) is 22.8 Å². The maximum absolute atomic E-state index is 12.5. The number of methoxy groups -OCH3 is 3. The third-order valence-electron chi connectivity index (χ3n) is 4.50. The minimum atomic E-state index is -0.211. The van der Waals surface area contributed by atoms with E-state index in [1.54, 1.807) is 33.7 Å². The summed E-state index contributed by atoms with van der Waals surface area (Å²) in [6.45, 7) is 1.92. The molecule has 0 aliphatic heterocycles. The number of fused-ring (bicyclic) bond motifs is 1. The summed E-state index contributed by atoms with van der Waals surface area (Å²) in [4.78, 5) is 12.5. The van der Waals surface area contributed by atoms with Crippen molar-refractivity contribution in [1.29, 1.82) is 0 Å². The molecule has 0 aliphatic rings. The molecule has 142 valence electrons. The molecule has 1 amide bonds. The molecule has 1 heterocycles. The summed E-state index contributed by atoms with van der Waals surface area (Å²) in [5.74, 6) is 1.99. The van der Waals surface area contributed by atoms with Crippen molar-refractivity contribution in [1.82, 2.24) is 5.32 Å². The summed E-state index contributed by atoms with van der Waals surface area (Å²) in [5, 5.41) is 3.91. The van der Waals surface area contributed by atoms with E-state index >= 15 is 0 Å². The maximum Gasteiger partial charge on any atom is 0.225 e. The number of carbonyl (C=O) groups is 1. The van der Waals surface area contributed by atoms with E-state index in [-0.39, 0.29) is 18.4 Å². The molecular weight excluding hydrogens is 346 g/mol. The van der Waals surface area contributed by atoms with Gasteiger partial charge in [-0.2, -0.15) is 0 Å². The van der Waals surface area contributed by atoms with Crippen LogP contribution in [0.2, 0.25) is 0 Å². The summed E-state index contributed by atoms with van der Waals surface area (Å²) in [6, 6.07) is 10.9. The molecule has 2 aromatic carbocycles. The lowest BCUT2D eigenvalue weighted by molar-refractivity contribution is -0.121. The number of benzene rings is 2. The van der Waals surface area contributed by atoms with Gasteiger partial charge in [0, 0.05) is 28.6 Å². The van der Waals surface area contributed by atoms with Gasteiger partial charge in [-0.15, -0.1) is 0 Å². The number of carbonyl (C=O) groups excluding carboxylic acids is 1. The number of furan rings is 1. The molecule has 6 nitrogen and oxygen atoms in total. The Morgan fingerprint density at radius 2 is 1.74 bits per heavy atom. The van der Waals surface area contributed by atoms with E-state index in [9.17, 15) is 4.79 Å². The van der Waals surface area contributed by atoms with Crippen molar-refractivity contribution in [2.45, 2.75) is 19.4 Å². The Morgan fingerprint density at radius 3 is 2.44 bits per heavy atom. The molecule has 0 fully saturated rings. The Balaban J connectivity index is 1.72. The zero-order valence-corrected chi connectivity index (χ0v) is 15.9. The van der Waals surface area contributed by atoms with Crippen molar-refractivity contribution in [3.05, 3.63) is 53.8 Å². The molecule has 0 aliphatic carbocycles. The molecule has 1 N–H and O–H groups in total. The van der Waals surface area contributed by atoms with Gasteiger partial charge in [0.25, 0.3) is 0 Å². The van der Waals surface area contributed by atoms with Crippen molar-refractivity contribution < 1.29 is 23.4 Å². The second-order valence-corrected chi connectivity index (χ2v) is 6.20. The van der Waals surface area contributed by atoms with Crippen LogP contribution < -0.4 is 19.5 Å². The highest BCUT2D eigenvalue weighted by atomic mass is 16.5. The van der Waals surface area contributed by atoms with Gasteiger partial charge in [0.05, 0.1) is 40.1 Å². The number of rotatable bonds is 7. The molecule has 27 heavy (non-hydrogen) atoms. The molecule has 3 aromatic rings. The molecule has 3 rings (SSSR count). The summed E-state index contributed by atoms with van der Waals surface area (Å²) < 4.78 is 21.4. The van der Waals surface area contributed by atoms with E-state index < -0.39 is 0 Å². The van der Waals surface area contributed by atoms with Crippen molar-refractivity contribution in [3.63, 3.8) is 0 Å². The molecule has 1 atom stereocenters. The van der Waals surface area contributed by atoms with Crippen LogP contribution in [0.25, 0.3) is 11.0 Å². The van der Waals surface area contributed by atoms with Crippen LogP contribution in [0.4, 0.5) is 0 Å². The van der Waals surface area contributed by atoms with Crippen LogP contribution in [0, 0.1) is 0 Å². The van der Waals surface area contributed by atoms with Crippen LogP contribution >= 0.6 is 0 Å². The topological polar surface area (TPSA) is 69.9 Å². The summed E-state index contributed by atoms with van der Waals surface area (Å²) in [6.07, 6.45) is 1.84. The van der Waals surface area contributed by atoms with Gasteiger partial charge < -0.3 is 23.9 Å². The fraction of sp³-hybridized carbons (Fsp3) is 0.286. The van der Waals surface area contributed by atoms with Crippen molar-refractivity contribution >= 4 is 16.9 Å². The lowest BCUT2D eigenvalue weighted by Gasteiger charge is -2.18. The molecule has 0 saturated heterocycles. The molecular formula is C21H23NO5. The van der Waals surface area contributed by atoms with Crippen molar-refractivity contribution in [2.75, 3.05) is 21.3 Å². The molecule has 0 spiro atoms. The van der Waals surface area contributed by atoms with E-state index in [4.69, 9.17) is 18.6 Å². The number of ether oxygens (including phenoxy) is 3. The summed E-state index contributed by atoms with van der Waals surface area (Å²) >= 11 is 0. The quantitative estimate of drug-likeness (QED) is 0.684. The van der Waals surface area contributed by atoms with Crippen LogP contribution in [0.15, 0.2) is 47.1 Å². The largest absolute Gasteiger partial charge is 0.497 e. The number of amides is 1. The zero-order valence-electron chi connectivity index (χ0n) is 15.9.